The van der Waals surface area contributed by atoms with Crippen molar-refractivity contribution in [1.82, 2.24) is 21.4 Å². The van der Waals surface area contributed by atoms with Gasteiger partial charge in [0.2, 0.25) is 23.6 Å². The van der Waals surface area contributed by atoms with Crippen molar-refractivity contribution in [3.05, 3.63) is 0 Å². The highest BCUT2D eigenvalue weighted by Gasteiger charge is 2.50. The smallest absolute Gasteiger partial charge is 0.234 e. The zero-order valence-corrected chi connectivity index (χ0v) is 30.7. The minimum atomic E-state index is -1.79. The number of nitrogens with one attached hydrogen (secondary N) is 4. The fraction of sp³-hybridized carbons (Fsp3) is 0.875. The van der Waals surface area contributed by atoms with Crippen molar-refractivity contribution < 1.29 is 88.1 Å². The minimum Gasteiger partial charge on any atom is -0.394 e. The number of amides is 4. The van der Waals surface area contributed by atoms with Gasteiger partial charge in [-0.15, -0.1) is 0 Å². The number of aliphatic hydroxyl groups excluding tert-OH is 7. The largest absolute Gasteiger partial charge is 0.394 e. The minimum absolute atomic E-state index is 0.0300. The Morgan fingerprint density at radius 1 is 0.527 bits per heavy atom. The van der Waals surface area contributed by atoms with Crippen molar-refractivity contribution in [2.45, 2.75) is 99.9 Å². The first kappa shape index (κ1) is 48.4. The molecule has 55 heavy (non-hydrogen) atoms. The van der Waals surface area contributed by atoms with E-state index in [1.807, 2.05) is 5.43 Å². The van der Waals surface area contributed by atoms with Gasteiger partial charge in [-0.1, -0.05) is 0 Å². The van der Waals surface area contributed by atoms with Crippen LogP contribution >= 0.6 is 0 Å². The highest BCUT2D eigenvalue weighted by Crippen LogP contribution is 2.29. The SMILES string of the molecule is NNC(=O)CCC(=O)NCCCOCCOCCOCCCNC(=O)CCC(=O)NCCO[C@@H]1O[C@H](CO)[C@@H](O[C@H]2O[C@H](CO)[C@@H](O)[C@H](O)[C@H]2O)[C@H](O)[C@H]1O. The third-order valence-electron chi connectivity index (χ3n) is 8.31. The number of hydrazine groups is 1. The van der Waals surface area contributed by atoms with Crippen LogP contribution in [0.25, 0.3) is 0 Å². The second-order valence-electron chi connectivity index (χ2n) is 12.5. The van der Waals surface area contributed by atoms with E-state index in [1.54, 1.807) is 0 Å². The van der Waals surface area contributed by atoms with E-state index in [1.165, 1.54) is 0 Å². The quantitative estimate of drug-likeness (QED) is 0.0151. The lowest BCUT2D eigenvalue weighted by atomic mass is 9.97. The van der Waals surface area contributed by atoms with Crippen molar-refractivity contribution >= 4 is 23.6 Å². The number of carbonyl (C=O) groups is 4. The molecule has 0 bridgehead atoms. The topological polar surface area (TPSA) is 349 Å². The van der Waals surface area contributed by atoms with Crippen molar-refractivity contribution in [2.24, 2.45) is 5.84 Å². The van der Waals surface area contributed by atoms with E-state index < -0.39 is 86.4 Å². The van der Waals surface area contributed by atoms with Crippen LogP contribution in [-0.4, -0.2) is 200 Å². The lowest BCUT2D eigenvalue weighted by Crippen LogP contribution is -2.64. The highest BCUT2D eigenvalue weighted by molar-refractivity contribution is 5.84. The predicted octanol–water partition coefficient (Wildman–Crippen LogP) is -6.64. The van der Waals surface area contributed by atoms with E-state index >= 15 is 0 Å². The van der Waals surface area contributed by atoms with Crippen LogP contribution < -0.4 is 27.2 Å². The van der Waals surface area contributed by atoms with Crippen LogP contribution in [0.2, 0.25) is 0 Å². The van der Waals surface area contributed by atoms with Crippen LogP contribution in [0.1, 0.15) is 38.5 Å². The second kappa shape index (κ2) is 27.8. The number of aliphatic hydroxyl groups is 7. The van der Waals surface area contributed by atoms with Gasteiger partial charge >= 0.3 is 0 Å². The first-order chi connectivity index (χ1) is 26.4. The molecule has 0 aliphatic carbocycles. The van der Waals surface area contributed by atoms with Gasteiger partial charge in [-0.3, -0.25) is 24.6 Å². The summed E-state index contributed by atoms with van der Waals surface area (Å²) in [6.07, 6.45) is -14.7. The summed E-state index contributed by atoms with van der Waals surface area (Å²) in [6, 6.07) is 0. The average molecular weight is 802 g/mol. The van der Waals surface area contributed by atoms with E-state index in [0.717, 1.165) is 0 Å². The van der Waals surface area contributed by atoms with Gasteiger partial charge in [0.15, 0.2) is 12.6 Å². The van der Waals surface area contributed by atoms with Gasteiger partial charge in [0.1, 0.15) is 48.8 Å². The van der Waals surface area contributed by atoms with Crippen molar-refractivity contribution in [3.63, 3.8) is 0 Å². The molecule has 2 aliphatic heterocycles. The van der Waals surface area contributed by atoms with E-state index in [4.69, 9.17) is 39.0 Å². The van der Waals surface area contributed by atoms with E-state index in [9.17, 15) is 54.9 Å². The van der Waals surface area contributed by atoms with Gasteiger partial charge in [-0.05, 0) is 12.8 Å². The van der Waals surface area contributed by atoms with E-state index in [0.29, 0.717) is 65.6 Å². The lowest BCUT2D eigenvalue weighted by molar-refractivity contribution is -0.359. The fourth-order valence-electron chi connectivity index (χ4n) is 5.20. The Balaban J connectivity index is 1.45. The van der Waals surface area contributed by atoms with Gasteiger partial charge in [0.25, 0.3) is 0 Å². The highest BCUT2D eigenvalue weighted by atomic mass is 16.7. The summed E-state index contributed by atoms with van der Waals surface area (Å²) in [4.78, 5) is 46.8. The van der Waals surface area contributed by atoms with Crippen molar-refractivity contribution in [2.75, 3.05) is 79.1 Å². The Labute approximate surface area is 318 Å². The maximum atomic E-state index is 12.2. The maximum absolute atomic E-state index is 12.2. The molecule has 2 rings (SSSR count). The molecule has 2 heterocycles. The van der Waals surface area contributed by atoms with Crippen LogP contribution in [0.15, 0.2) is 0 Å². The molecule has 23 nitrogen and oxygen atoms in total. The van der Waals surface area contributed by atoms with Gasteiger partial charge in [-0.2, -0.15) is 0 Å². The molecule has 320 valence electrons. The Bertz CT molecular complexity index is 1110. The van der Waals surface area contributed by atoms with E-state index in [-0.39, 0.29) is 50.6 Å². The summed E-state index contributed by atoms with van der Waals surface area (Å²) in [7, 11) is 0. The molecule has 0 radical (unpaired) electrons. The molecular formula is C32H59N5O18. The maximum Gasteiger partial charge on any atom is 0.234 e. The molecule has 0 spiro atoms. The molecule has 13 N–H and O–H groups in total. The number of nitrogens with two attached hydrogens (primary N) is 1. The number of carbonyl (C=O) groups excluding carboxylic acids is 4. The molecule has 10 atom stereocenters. The molecular weight excluding hydrogens is 742 g/mol. The number of hydrogen-bond acceptors (Lipinski definition) is 19. The van der Waals surface area contributed by atoms with Crippen molar-refractivity contribution in [3.8, 4) is 0 Å². The summed E-state index contributed by atoms with van der Waals surface area (Å²) >= 11 is 0. The second-order valence-corrected chi connectivity index (χ2v) is 12.5. The Hall–Kier alpha value is -2.72. The van der Waals surface area contributed by atoms with Gasteiger partial charge in [0, 0.05) is 58.5 Å². The van der Waals surface area contributed by atoms with Crippen LogP contribution in [-0.2, 0) is 52.3 Å². The molecule has 2 saturated heterocycles. The normalized spacial score (nSPS) is 28.0. The third kappa shape index (κ3) is 18.4. The molecule has 4 amide bonds. The number of ether oxygens (including phenoxy) is 7. The molecule has 0 aromatic carbocycles. The number of rotatable bonds is 28. The number of hydrogen-bond donors (Lipinski definition) is 12. The van der Waals surface area contributed by atoms with Crippen LogP contribution in [0.4, 0.5) is 0 Å². The molecule has 2 fully saturated rings. The monoisotopic (exact) mass is 801 g/mol. The van der Waals surface area contributed by atoms with Crippen molar-refractivity contribution in [1.29, 1.82) is 0 Å². The summed E-state index contributed by atoms with van der Waals surface area (Å²) in [5, 5.41) is 78.4. The summed E-state index contributed by atoms with van der Waals surface area (Å²) in [5.74, 6) is 3.56. The Morgan fingerprint density at radius 2 is 0.982 bits per heavy atom. The molecule has 0 aromatic heterocycles. The third-order valence-corrected chi connectivity index (χ3v) is 8.31. The standard InChI is InChI=1S/C32H59N5O18/c33-37-24(43)6-5-22(41)35-8-2-11-50-14-16-51-15-13-49-10-1-7-34-21(40)3-4-23(42)36-9-12-52-31-29(48)27(46)30(20(18-39)54-31)55-32-28(47)26(45)25(44)19(17-38)53-32/h19-20,25-32,38-39,44-48H,1-18,33H2,(H,34,40)(H,35,41)(H,36,42)(H,37,43)/t19-,20-,25-,26+,27-,28-,29-,30-,31-,32-/m1/s1. The van der Waals surface area contributed by atoms with Crippen LogP contribution in [0.3, 0.4) is 0 Å². The molecule has 0 saturated carbocycles. The molecule has 23 heteroatoms. The van der Waals surface area contributed by atoms with E-state index in [2.05, 4.69) is 16.0 Å². The first-order valence-corrected chi connectivity index (χ1v) is 18.2. The lowest BCUT2D eigenvalue weighted by Gasteiger charge is -2.45. The fourth-order valence-corrected chi connectivity index (χ4v) is 5.20. The van der Waals surface area contributed by atoms with Gasteiger partial charge in [-0.25, -0.2) is 5.84 Å². The molecule has 2 aliphatic rings. The Morgan fingerprint density at radius 3 is 1.49 bits per heavy atom. The first-order valence-electron chi connectivity index (χ1n) is 18.2. The molecule has 0 unspecified atom stereocenters. The van der Waals surface area contributed by atoms with Gasteiger partial charge < -0.3 is 84.9 Å². The van der Waals surface area contributed by atoms with Crippen LogP contribution in [0, 0.1) is 0 Å². The van der Waals surface area contributed by atoms with Crippen LogP contribution in [0.5, 0.6) is 0 Å². The predicted molar refractivity (Wildman–Crippen MR) is 184 cm³/mol. The van der Waals surface area contributed by atoms with Gasteiger partial charge in [0.05, 0.1) is 46.2 Å². The summed E-state index contributed by atoms with van der Waals surface area (Å²) in [5.41, 5.74) is 1.96. The molecule has 0 aromatic rings. The average Bonchev–Trinajstić information content (AvgIpc) is 3.18. The zero-order valence-electron chi connectivity index (χ0n) is 30.7. The Kier molecular flexibility index (Phi) is 24.5. The zero-order chi connectivity index (χ0) is 40.6. The summed E-state index contributed by atoms with van der Waals surface area (Å²) < 4.78 is 38.0. The summed E-state index contributed by atoms with van der Waals surface area (Å²) in [6.45, 7) is 1.46.